The van der Waals surface area contributed by atoms with E-state index in [9.17, 15) is 4.21 Å². The summed E-state index contributed by atoms with van der Waals surface area (Å²) in [6, 6.07) is 0.575. The Balaban J connectivity index is 1.61. The molecule has 2 unspecified atom stereocenters. The molecule has 2 atom stereocenters. The van der Waals surface area contributed by atoms with E-state index < -0.39 is 10.8 Å². The standard InChI is InChI=1S/C14H23NOS/c16-17-2-1-15-13(9-17)14-6-10-3-11(7-14)5-12(4-10)8-14/h10-13,15H,1-9H2. The van der Waals surface area contributed by atoms with Crippen LogP contribution in [-0.4, -0.2) is 28.3 Å². The van der Waals surface area contributed by atoms with Crippen molar-refractivity contribution in [2.75, 3.05) is 18.1 Å². The van der Waals surface area contributed by atoms with Gasteiger partial charge in [-0.05, 0) is 61.7 Å². The molecule has 2 nitrogen and oxygen atoms in total. The van der Waals surface area contributed by atoms with Gasteiger partial charge in [-0.25, -0.2) is 0 Å². The predicted molar refractivity (Wildman–Crippen MR) is 70.3 cm³/mol. The first-order valence-corrected chi connectivity index (χ1v) is 8.81. The van der Waals surface area contributed by atoms with E-state index in [2.05, 4.69) is 5.32 Å². The topological polar surface area (TPSA) is 29.1 Å². The third-order valence-electron chi connectivity index (χ3n) is 5.90. The highest BCUT2D eigenvalue weighted by molar-refractivity contribution is 7.85. The van der Waals surface area contributed by atoms with Gasteiger partial charge in [-0.15, -0.1) is 0 Å². The van der Waals surface area contributed by atoms with Crippen LogP contribution in [0, 0.1) is 23.2 Å². The van der Waals surface area contributed by atoms with Crippen LogP contribution in [0.1, 0.15) is 38.5 Å². The first-order valence-electron chi connectivity index (χ1n) is 7.32. The summed E-state index contributed by atoms with van der Waals surface area (Å²) in [5.41, 5.74) is 0.546. The van der Waals surface area contributed by atoms with Crippen LogP contribution in [0.4, 0.5) is 0 Å². The Morgan fingerprint density at radius 3 is 2.12 bits per heavy atom. The van der Waals surface area contributed by atoms with Gasteiger partial charge in [0.2, 0.25) is 0 Å². The molecule has 0 aromatic heterocycles. The number of hydrogen-bond donors (Lipinski definition) is 1. The van der Waals surface area contributed by atoms with Crippen molar-refractivity contribution >= 4 is 10.8 Å². The average molecular weight is 253 g/mol. The summed E-state index contributed by atoms with van der Waals surface area (Å²) < 4.78 is 11.8. The quantitative estimate of drug-likeness (QED) is 0.773. The molecule has 1 heterocycles. The van der Waals surface area contributed by atoms with E-state index in [-0.39, 0.29) is 0 Å². The molecule has 5 aliphatic rings. The molecule has 1 saturated heterocycles. The lowest BCUT2D eigenvalue weighted by atomic mass is 9.48. The summed E-state index contributed by atoms with van der Waals surface area (Å²) in [6.07, 6.45) is 8.84. The van der Waals surface area contributed by atoms with Crippen LogP contribution in [0.3, 0.4) is 0 Å². The first kappa shape index (κ1) is 11.0. The second-order valence-corrected chi connectivity index (χ2v) is 8.72. The van der Waals surface area contributed by atoms with Gasteiger partial charge in [-0.1, -0.05) is 0 Å². The zero-order valence-electron chi connectivity index (χ0n) is 10.5. The SMILES string of the molecule is O=S1CCNC(C23CC4CC(CC(C4)C2)C3)C1. The molecule has 4 bridgehead atoms. The molecule has 0 radical (unpaired) electrons. The summed E-state index contributed by atoms with van der Waals surface area (Å²) in [6.45, 7) is 0.985. The van der Waals surface area contributed by atoms with Crippen LogP contribution in [-0.2, 0) is 10.8 Å². The highest BCUT2D eigenvalue weighted by Gasteiger charge is 2.54. The summed E-state index contributed by atoms with van der Waals surface area (Å²) in [7, 11) is -0.546. The predicted octanol–water partition coefficient (Wildman–Crippen LogP) is 1.92. The second kappa shape index (κ2) is 3.80. The van der Waals surface area contributed by atoms with Gasteiger partial charge in [-0.3, -0.25) is 4.21 Å². The van der Waals surface area contributed by atoms with Gasteiger partial charge in [0.15, 0.2) is 0 Å². The normalized spacial score (nSPS) is 57.3. The van der Waals surface area contributed by atoms with Crippen molar-refractivity contribution in [1.82, 2.24) is 5.32 Å². The van der Waals surface area contributed by atoms with Crippen molar-refractivity contribution in [1.29, 1.82) is 0 Å². The van der Waals surface area contributed by atoms with Crippen LogP contribution in [0.5, 0.6) is 0 Å². The van der Waals surface area contributed by atoms with Crippen LogP contribution in [0.2, 0.25) is 0 Å². The minimum absolute atomic E-state index is 0.546. The number of rotatable bonds is 1. The maximum Gasteiger partial charge on any atom is 0.0394 e. The molecule has 1 aliphatic heterocycles. The molecule has 0 aromatic rings. The Morgan fingerprint density at radius 1 is 1.00 bits per heavy atom. The fourth-order valence-corrected chi connectivity index (χ4v) is 7.03. The molecule has 96 valence electrons. The smallest absolute Gasteiger partial charge is 0.0394 e. The van der Waals surface area contributed by atoms with Crippen molar-refractivity contribution in [2.24, 2.45) is 23.2 Å². The molecule has 3 heteroatoms. The van der Waals surface area contributed by atoms with Gasteiger partial charge in [0.05, 0.1) is 0 Å². The average Bonchev–Trinajstić information content (AvgIpc) is 2.27. The van der Waals surface area contributed by atoms with E-state index >= 15 is 0 Å². The lowest BCUT2D eigenvalue weighted by molar-refractivity contribution is -0.0697. The highest BCUT2D eigenvalue weighted by Crippen LogP contribution is 2.61. The second-order valence-electron chi connectivity index (χ2n) is 7.10. The van der Waals surface area contributed by atoms with Crippen molar-refractivity contribution < 1.29 is 4.21 Å². The first-order chi connectivity index (χ1) is 8.23. The van der Waals surface area contributed by atoms with Crippen molar-refractivity contribution in [3.05, 3.63) is 0 Å². The fourth-order valence-electron chi connectivity index (χ4n) is 5.67. The van der Waals surface area contributed by atoms with E-state index in [0.29, 0.717) is 11.5 Å². The van der Waals surface area contributed by atoms with Gasteiger partial charge in [-0.2, -0.15) is 0 Å². The molecule has 4 saturated carbocycles. The van der Waals surface area contributed by atoms with Crippen LogP contribution < -0.4 is 5.32 Å². The Labute approximate surface area is 106 Å². The van der Waals surface area contributed by atoms with Gasteiger partial charge in [0, 0.05) is 34.9 Å². The van der Waals surface area contributed by atoms with E-state index in [1.165, 1.54) is 38.5 Å². The van der Waals surface area contributed by atoms with E-state index in [4.69, 9.17) is 0 Å². The Hall–Kier alpha value is 0.110. The van der Waals surface area contributed by atoms with Crippen molar-refractivity contribution in [3.8, 4) is 0 Å². The third kappa shape index (κ3) is 1.73. The Kier molecular flexibility index (Phi) is 2.45. The van der Waals surface area contributed by atoms with Gasteiger partial charge >= 0.3 is 0 Å². The van der Waals surface area contributed by atoms with E-state index in [1.807, 2.05) is 0 Å². The summed E-state index contributed by atoms with van der Waals surface area (Å²) >= 11 is 0. The molecule has 0 spiro atoms. The molecular weight excluding hydrogens is 230 g/mol. The van der Waals surface area contributed by atoms with E-state index in [1.54, 1.807) is 0 Å². The summed E-state index contributed by atoms with van der Waals surface area (Å²) in [5, 5.41) is 3.71. The zero-order valence-corrected chi connectivity index (χ0v) is 11.3. The fraction of sp³-hybridized carbons (Fsp3) is 1.00. The van der Waals surface area contributed by atoms with Gasteiger partial charge in [0.1, 0.15) is 0 Å². The maximum absolute atomic E-state index is 11.8. The Bertz CT molecular complexity index is 319. The van der Waals surface area contributed by atoms with Crippen molar-refractivity contribution in [3.63, 3.8) is 0 Å². The third-order valence-corrected chi connectivity index (χ3v) is 7.26. The molecule has 0 aromatic carbocycles. The van der Waals surface area contributed by atoms with Gasteiger partial charge in [0.25, 0.3) is 0 Å². The summed E-state index contributed by atoms with van der Waals surface area (Å²) in [4.78, 5) is 0. The minimum atomic E-state index is -0.546. The lowest BCUT2D eigenvalue weighted by Gasteiger charge is -2.60. The number of hydrogen-bond acceptors (Lipinski definition) is 2. The molecular formula is C14H23NOS. The molecule has 5 rings (SSSR count). The zero-order chi connectivity index (χ0) is 11.5. The maximum atomic E-state index is 11.8. The monoisotopic (exact) mass is 253 g/mol. The minimum Gasteiger partial charge on any atom is -0.312 e. The molecule has 0 amide bonds. The molecule has 17 heavy (non-hydrogen) atoms. The Morgan fingerprint density at radius 2 is 1.59 bits per heavy atom. The summed E-state index contributed by atoms with van der Waals surface area (Å²) in [5.74, 6) is 4.85. The molecule has 5 fully saturated rings. The van der Waals surface area contributed by atoms with Gasteiger partial charge < -0.3 is 5.32 Å². The van der Waals surface area contributed by atoms with E-state index in [0.717, 1.165) is 35.8 Å². The van der Waals surface area contributed by atoms with Crippen molar-refractivity contribution in [2.45, 2.75) is 44.6 Å². The molecule has 1 N–H and O–H groups in total. The van der Waals surface area contributed by atoms with Crippen LogP contribution in [0.25, 0.3) is 0 Å². The van der Waals surface area contributed by atoms with Crippen LogP contribution in [0.15, 0.2) is 0 Å². The highest BCUT2D eigenvalue weighted by atomic mass is 32.2. The largest absolute Gasteiger partial charge is 0.312 e. The molecule has 4 aliphatic carbocycles. The lowest BCUT2D eigenvalue weighted by Crippen LogP contribution is -2.59. The number of nitrogens with one attached hydrogen (secondary N) is 1. The van der Waals surface area contributed by atoms with Crippen LogP contribution >= 0.6 is 0 Å².